The van der Waals surface area contributed by atoms with Gasteiger partial charge in [-0.1, -0.05) is 0 Å². The SMILES string of the molecule is CC1CCCN1C1CCC(=O)CC1. The van der Waals surface area contributed by atoms with Gasteiger partial charge in [0.25, 0.3) is 0 Å². The number of hydrogen-bond donors (Lipinski definition) is 0. The highest BCUT2D eigenvalue weighted by molar-refractivity contribution is 5.79. The average Bonchev–Trinajstić information content (AvgIpc) is 2.53. The molecule has 1 unspecified atom stereocenters. The molecule has 0 bridgehead atoms. The van der Waals surface area contributed by atoms with Crippen molar-refractivity contribution in [1.29, 1.82) is 0 Å². The summed E-state index contributed by atoms with van der Waals surface area (Å²) in [7, 11) is 0. The van der Waals surface area contributed by atoms with Crippen LogP contribution in [-0.4, -0.2) is 29.3 Å². The Balaban J connectivity index is 1.90. The van der Waals surface area contributed by atoms with Gasteiger partial charge in [-0.2, -0.15) is 0 Å². The maximum Gasteiger partial charge on any atom is 0.133 e. The minimum atomic E-state index is 0.475. The molecule has 1 aliphatic carbocycles. The predicted octanol–water partition coefficient (Wildman–Crippen LogP) is 1.98. The van der Waals surface area contributed by atoms with E-state index in [1.54, 1.807) is 0 Å². The third-order valence-corrected chi connectivity index (χ3v) is 3.59. The Hall–Kier alpha value is -0.370. The molecule has 2 heteroatoms. The predicted molar refractivity (Wildman–Crippen MR) is 52.7 cm³/mol. The topological polar surface area (TPSA) is 20.3 Å². The number of Topliss-reactive ketones (excluding diaryl/α,β-unsaturated/α-hetero) is 1. The highest BCUT2D eigenvalue weighted by Crippen LogP contribution is 2.27. The fraction of sp³-hybridized carbons (Fsp3) is 0.909. The lowest BCUT2D eigenvalue weighted by Crippen LogP contribution is -2.40. The molecule has 2 nitrogen and oxygen atoms in total. The number of carbonyl (C=O) groups is 1. The summed E-state index contributed by atoms with van der Waals surface area (Å²) in [5.41, 5.74) is 0. The molecule has 2 fully saturated rings. The fourth-order valence-corrected chi connectivity index (χ4v) is 2.75. The van der Waals surface area contributed by atoms with Crippen LogP contribution in [0.3, 0.4) is 0 Å². The van der Waals surface area contributed by atoms with E-state index < -0.39 is 0 Å². The van der Waals surface area contributed by atoms with Crippen LogP contribution >= 0.6 is 0 Å². The van der Waals surface area contributed by atoms with Gasteiger partial charge in [-0.05, 0) is 39.2 Å². The van der Waals surface area contributed by atoms with Crippen molar-refractivity contribution in [3.8, 4) is 0 Å². The number of carbonyl (C=O) groups excluding carboxylic acids is 1. The Morgan fingerprint density at radius 3 is 2.46 bits per heavy atom. The van der Waals surface area contributed by atoms with Gasteiger partial charge in [0, 0.05) is 24.9 Å². The zero-order valence-electron chi connectivity index (χ0n) is 8.46. The van der Waals surface area contributed by atoms with Crippen molar-refractivity contribution in [3.05, 3.63) is 0 Å². The van der Waals surface area contributed by atoms with Gasteiger partial charge < -0.3 is 0 Å². The van der Waals surface area contributed by atoms with Crippen molar-refractivity contribution in [2.75, 3.05) is 6.54 Å². The summed E-state index contributed by atoms with van der Waals surface area (Å²) >= 11 is 0. The average molecular weight is 181 g/mol. The van der Waals surface area contributed by atoms with Crippen molar-refractivity contribution in [3.63, 3.8) is 0 Å². The molecule has 1 heterocycles. The van der Waals surface area contributed by atoms with E-state index in [0.29, 0.717) is 5.78 Å². The highest BCUT2D eigenvalue weighted by atomic mass is 16.1. The third kappa shape index (κ3) is 1.93. The number of ketones is 1. The summed E-state index contributed by atoms with van der Waals surface area (Å²) < 4.78 is 0. The Labute approximate surface area is 80.3 Å². The number of rotatable bonds is 1. The molecule has 0 spiro atoms. The van der Waals surface area contributed by atoms with E-state index in [1.807, 2.05) is 0 Å². The van der Waals surface area contributed by atoms with E-state index in [9.17, 15) is 4.79 Å². The summed E-state index contributed by atoms with van der Waals surface area (Å²) in [5.74, 6) is 0.475. The molecule has 1 saturated heterocycles. The largest absolute Gasteiger partial charge is 0.300 e. The highest BCUT2D eigenvalue weighted by Gasteiger charge is 2.30. The summed E-state index contributed by atoms with van der Waals surface area (Å²) in [6, 6.07) is 1.48. The second-order valence-electron chi connectivity index (χ2n) is 4.50. The zero-order valence-corrected chi connectivity index (χ0v) is 8.46. The maximum atomic E-state index is 11.1. The quantitative estimate of drug-likeness (QED) is 0.616. The molecule has 74 valence electrons. The summed E-state index contributed by atoms with van der Waals surface area (Å²) in [6.45, 7) is 3.59. The molecule has 1 atom stereocenters. The molecule has 0 amide bonds. The van der Waals surface area contributed by atoms with Crippen LogP contribution in [0.1, 0.15) is 45.4 Å². The molecule has 0 N–H and O–H groups in total. The third-order valence-electron chi connectivity index (χ3n) is 3.59. The van der Waals surface area contributed by atoms with Crippen LogP contribution in [0.15, 0.2) is 0 Å². The van der Waals surface area contributed by atoms with E-state index in [-0.39, 0.29) is 0 Å². The van der Waals surface area contributed by atoms with Gasteiger partial charge in [-0.3, -0.25) is 9.69 Å². The van der Waals surface area contributed by atoms with E-state index in [2.05, 4.69) is 11.8 Å². The van der Waals surface area contributed by atoms with Crippen LogP contribution in [0, 0.1) is 0 Å². The number of hydrogen-bond acceptors (Lipinski definition) is 2. The molecule has 0 aromatic carbocycles. The number of likely N-dealkylation sites (tertiary alicyclic amines) is 1. The molecule has 0 aromatic rings. The minimum absolute atomic E-state index is 0.475. The van der Waals surface area contributed by atoms with E-state index >= 15 is 0 Å². The van der Waals surface area contributed by atoms with Crippen LogP contribution < -0.4 is 0 Å². The summed E-state index contributed by atoms with van der Waals surface area (Å²) in [6.07, 6.45) is 6.59. The van der Waals surface area contributed by atoms with Crippen molar-refractivity contribution >= 4 is 5.78 Å². The second kappa shape index (κ2) is 3.79. The van der Waals surface area contributed by atoms with Crippen LogP contribution in [0.4, 0.5) is 0 Å². The first-order chi connectivity index (χ1) is 6.27. The summed E-state index contributed by atoms with van der Waals surface area (Å²) in [5, 5.41) is 0. The minimum Gasteiger partial charge on any atom is -0.300 e. The first-order valence-electron chi connectivity index (χ1n) is 5.55. The van der Waals surface area contributed by atoms with Crippen LogP contribution in [0.5, 0.6) is 0 Å². The zero-order chi connectivity index (χ0) is 9.26. The van der Waals surface area contributed by atoms with Crippen LogP contribution in [0.2, 0.25) is 0 Å². The van der Waals surface area contributed by atoms with Gasteiger partial charge in [0.2, 0.25) is 0 Å². The Morgan fingerprint density at radius 1 is 1.23 bits per heavy atom. The molecule has 2 rings (SSSR count). The molecular weight excluding hydrogens is 162 g/mol. The molecule has 0 aromatic heterocycles. The normalized spacial score (nSPS) is 32.7. The van der Waals surface area contributed by atoms with Gasteiger partial charge in [0.15, 0.2) is 0 Å². The smallest absolute Gasteiger partial charge is 0.133 e. The van der Waals surface area contributed by atoms with E-state index in [1.165, 1.54) is 19.4 Å². The van der Waals surface area contributed by atoms with Crippen molar-refractivity contribution in [1.82, 2.24) is 4.90 Å². The van der Waals surface area contributed by atoms with Crippen LogP contribution in [0.25, 0.3) is 0 Å². The molecular formula is C11H19NO. The Kier molecular flexibility index (Phi) is 2.68. The van der Waals surface area contributed by atoms with Gasteiger partial charge in [-0.15, -0.1) is 0 Å². The van der Waals surface area contributed by atoms with Crippen molar-refractivity contribution in [2.24, 2.45) is 0 Å². The van der Waals surface area contributed by atoms with Crippen LogP contribution in [-0.2, 0) is 4.79 Å². The standard InChI is InChI=1S/C11H19NO/c1-9-3-2-8-12(9)10-4-6-11(13)7-5-10/h9-10H,2-8H2,1H3. The Bertz CT molecular complexity index is 192. The maximum absolute atomic E-state index is 11.1. The summed E-state index contributed by atoms with van der Waals surface area (Å²) in [4.78, 5) is 13.7. The lowest BCUT2D eigenvalue weighted by molar-refractivity contribution is -0.121. The van der Waals surface area contributed by atoms with Gasteiger partial charge in [-0.25, -0.2) is 0 Å². The van der Waals surface area contributed by atoms with E-state index in [0.717, 1.165) is 37.8 Å². The molecule has 2 aliphatic rings. The van der Waals surface area contributed by atoms with Gasteiger partial charge in [0.1, 0.15) is 5.78 Å². The first kappa shape index (κ1) is 9.20. The van der Waals surface area contributed by atoms with Gasteiger partial charge in [0.05, 0.1) is 0 Å². The molecule has 1 saturated carbocycles. The fourth-order valence-electron chi connectivity index (χ4n) is 2.75. The molecule has 0 radical (unpaired) electrons. The first-order valence-corrected chi connectivity index (χ1v) is 5.55. The molecule has 13 heavy (non-hydrogen) atoms. The van der Waals surface area contributed by atoms with Crippen molar-refractivity contribution in [2.45, 2.75) is 57.5 Å². The van der Waals surface area contributed by atoms with Gasteiger partial charge >= 0.3 is 0 Å². The monoisotopic (exact) mass is 181 g/mol. The molecule has 1 aliphatic heterocycles. The number of nitrogens with zero attached hydrogens (tertiary/aromatic N) is 1. The van der Waals surface area contributed by atoms with Crippen molar-refractivity contribution < 1.29 is 4.79 Å². The Morgan fingerprint density at radius 2 is 1.92 bits per heavy atom. The lowest BCUT2D eigenvalue weighted by Gasteiger charge is -2.33. The second-order valence-corrected chi connectivity index (χ2v) is 4.50. The van der Waals surface area contributed by atoms with E-state index in [4.69, 9.17) is 0 Å². The lowest BCUT2D eigenvalue weighted by atomic mass is 9.93.